The van der Waals surface area contributed by atoms with E-state index in [-0.39, 0.29) is 23.5 Å². The van der Waals surface area contributed by atoms with Crippen molar-refractivity contribution >= 4 is 22.2 Å². The molecular formula is C22H24FN2O3S+. The highest BCUT2D eigenvalue weighted by atomic mass is 32.1. The Bertz CT molecular complexity index is 994. The van der Waals surface area contributed by atoms with Gasteiger partial charge in [-0.3, -0.25) is 4.79 Å². The molecule has 29 heavy (non-hydrogen) atoms. The van der Waals surface area contributed by atoms with Crippen molar-refractivity contribution in [3.63, 3.8) is 0 Å². The fourth-order valence-corrected chi connectivity index (χ4v) is 4.96. The molecule has 1 atom stereocenters. The molecule has 3 aromatic rings. The van der Waals surface area contributed by atoms with Gasteiger partial charge in [0.25, 0.3) is 5.91 Å². The second kappa shape index (κ2) is 8.49. The lowest BCUT2D eigenvalue weighted by Crippen LogP contribution is -3.14. The number of nitrogens with one attached hydrogen (secondary N) is 2. The molecule has 1 amide bonds. The number of ether oxygens (including phenoxy) is 1. The predicted octanol–water partition coefficient (Wildman–Crippen LogP) is 3.35. The smallest absolute Gasteiger partial charge is 0.291 e. The molecule has 0 spiro atoms. The van der Waals surface area contributed by atoms with Gasteiger partial charge < -0.3 is 19.4 Å². The van der Waals surface area contributed by atoms with Crippen molar-refractivity contribution in [2.75, 3.05) is 31.6 Å². The van der Waals surface area contributed by atoms with Crippen LogP contribution in [0.1, 0.15) is 38.2 Å². The minimum atomic E-state index is -0.304. The van der Waals surface area contributed by atoms with E-state index in [1.807, 2.05) is 26.0 Å². The van der Waals surface area contributed by atoms with Crippen molar-refractivity contribution in [3.05, 3.63) is 75.8 Å². The Kier molecular flexibility index (Phi) is 5.80. The van der Waals surface area contributed by atoms with Crippen molar-refractivity contribution in [2.45, 2.75) is 19.9 Å². The number of carbonyl (C=O) groups is 1. The zero-order chi connectivity index (χ0) is 20.4. The monoisotopic (exact) mass is 415 g/mol. The maximum Gasteiger partial charge on any atom is 0.291 e. The Hall–Kier alpha value is -2.48. The second-order valence-electron chi connectivity index (χ2n) is 7.18. The van der Waals surface area contributed by atoms with Crippen LogP contribution in [0.25, 0.3) is 0 Å². The maximum absolute atomic E-state index is 14.9. The number of quaternary nitrogens is 1. The lowest BCUT2D eigenvalue weighted by Gasteiger charge is -2.32. The van der Waals surface area contributed by atoms with Crippen molar-refractivity contribution in [2.24, 2.45) is 0 Å². The quantitative estimate of drug-likeness (QED) is 0.672. The maximum atomic E-state index is 14.9. The van der Waals surface area contributed by atoms with Gasteiger partial charge in [-0.25, -0.2) is 4.39 Å². The number of carbonyl (C=O) groups excluding carboxylic acids is 1. The normalized spacial score (nSPS) is 16.0. The van der Waals surface area contributed by atoms with Crippen LogP contribution < -0.4 is 10.2 Å². The lowest BCUT2D eigenvalue weighted by atomic mass is 9.94. The third kappa shape index (κ3) is 3.99. The molecule has 0 radical (unpaired) electrons. The first-order valence-electron chi connectivity index (χ1n) is 9.67. The molecule has 1 unspecified atom stereocenters. The van der Waals surface area contributed by atoms with E-state index in [9.17, 15) is 9.18 Å². The average molecular weight is 416 g/mol. The zero-order valence-corrected chi connectivity index (χ0v) is 17.3. The first-order valence-corrected chi connectivity index (χ1v) is 10.5. The van der Waals surface area contributed by atoms with E-state index in [0.29, 0.717) is 18.8 Å². The van der Waals surface area contributed by atoms with Gasteiger partial charge in [-0.15, -0.1) is 11.3 Å². The van der Waals surface area contributed by atoms with Crippen LogP contribution in [0.4, 0.5) is 9.39 Å². The van der Waals surface area contributed by atoms with E-state index in [2.05, 4.69) is 5.32 Å². The van der Waals surface area contributed by atoms with Gasteiger partial charge in [-0.05, 0) is 43.7 Å². The standard InChI is InChI=1S/C22H23FN2O3S/c1-14-15(2)29-22(24-21(26)18-8-5-11-28-18)19(14)20(25-9-12-27-13-10-25)16-6-3-4-7-17(16)23/h3-8,11,20H,9-10,12-13H2,1-2H3,(H,24,26)/p+1. The molecule has 1 aliphatic rings. The number of aryl methyl sites for hydroxylation is 1. The molecule has 1 saturated heterocycles. The van der Waals surface area contributed by atoms with Gasteiger partial charge >= 0.3 is 0 Å². The second-order valence-corrected chi connectivity index (χ2v) is 8.41. The van der Waals surface area contributed by atoms with E-state index in [1.165, 1.54) is 28.6 Å². The number of amides is 1. The number of halogens is 1. The summed E-state index contributed by atoms with van der Waals surface area (Å²) in [6.45, 7) is 6.89. The molecule has 152 valence electrons. The van der Waals surface area contributed by atoms with Gasteiger partial charge in [0.05, 0.1) is 25.0 Å². The predicted molar refractivity (Wildman–Crippen MR) is 110 cm³/mol. The van der Waals surface area contributed by atoms with Crippen LogP contribution in [0, 0.1) is 19.7 Å². The van der Waals surface area contributed by atoms with Crippen molar-refractivity contribution < 1.29 is 23.2 Å². The SMILES string of the molecule is Cc1sc(NC(=O)c2ccco2)c(C(c2ccccc2F)[NH+]2CCOCC2)c1C. The molecule has 1 aliphatic heterocycles. The summed E-state index contributed by atoms with van der Waals surface area (Å²) in [6, 6.07) is 9.99. The number of furan rings is 1. The molecule has 1 aromatic carbocycles. The first-order chi connectivity index (χ1) is 14.1. The number of morpholine rings is 1. The van der Waals surface area contributed by atoms with Crippen molar-refractivity contribution in [3.8, 4) is 0 Å². The summed E-state index contributed by atoms with van der Waals surface area (Å²) >= 11 is 1.52. The largest absolute Gasteiger partial charge is 0.459 e. The molecular weight excluding hydrogens is 391 g/mol. The Morgan fingerprint density at radius 1 is 1.17 bits per heavy atom. The molecule has 0 aliphatic carbocycles. The highest BCUT2D eigenvalue weighted by Crippen LogP contribution is 2.39. The first kappa shape index (κ1) is 19.8. The fourth-order valence-electron chi connectivity index (χ4n) is 3.87. The molecule has 0 saturated carbocycles. The minimum absolute atomic E-state index is 0.225. The number of benzene rings is 1. The topological polar surface area (TPSA) is 55.9 Å². The molecule has 7 heteroatoms. The van der Waals surface area contributed by atoms with Crippen LogP contribution in [-0.2, 0) is 4.74 Å². The number of hydrogen-bond donors (Lipinski definition) is 2. The summed E-state index contributed by atoms with van der Waals surface area (Å²) in [5.74, 6) is -0.286. The van der Waals surface area contributed by atoms with E-state index < -0.39 is 0 Å². The summed E-state index contributed by atoms with van der Waals surface area (Å²) in [5, 5.41) is 3.75. The molecule has 3 heterocycles. The Balaban J connectivity index is 1.79. The van der Waals surface area contributed by atoms with Gasteiger partial charge in [0.15, 0.2) is 5.76 Å². The summed E-state index contributed by atoms with van der Waals surface area (Å²) in [7, 11) is 0. The Morgan fingerprint density at radius 2 is 1.93 bits per heavy atom. The number of hydrogen-bond acceptors (Lipinski definition) is 4. The van der Waals surface area contributed by atoms with Gasteiger partial charge in [-0.1, -0.05) is 12.1 Å². The Morgan fingerprint density at radius 3 is 2.62 bits per heavy atom. The van der Waals surface area contributed by atoms with E-state index in [4.69, 9.17) is 9.15 Å². The lowest BCUT2D eigenvalue weighted by molar-refractivity contribution is -0.933. The molecule has 0 bridgehead atoms. The summed E-state index contributed by atoms with van der Waals surface area (Å²) in [5.41, 5.74) is 2.69. The van der Waals surface area contributed by atoms with Gasteiger partial charge in [0, 0.05) is 10.4 Å². The summed E-state index contributed by atoms with van der Waals surface area (Å²) in [6.07, 6.45) is 1.47. The average Bonchev–Trinajstić information content (AvgIpc) is 3.35. The van der Waals surface area contributed by atoms with Crippen LogP contribution in [0.2, 0.25) is 0 Å². The fraction of sp³-hybridized carbons (Fsp3) is 0.318. The summed E-state index contributed by atoms with van der Waals surface area (Å²) in [4.78, 5) is 15.0. The molecule has 5 nitrogen and oxygen atoms in total. The van der Waals surface area contributed by atoms with Crippen LogP contribution in [0.5, 0.6) is 0 Å². The molecule has 2 aromatic heterocycles. The minimum Gasteiger partial charge on any atom is -0.459 e. The van der Waals surface area contributed by atoms with Crippen LogP contribution in [0.15, 0.2) is 47.1 Å². The van der Waals surface area contributed by atoms with Crippen LogP contribution >= 0.6 is 11.3 Å². The van der Waals surface area contributed by atoms with Crippen LogP contribution in [0.3, 0.4) is 0 Å². The number of thiophene rings is 1. The highest BCUT2D eigenvalue weighted by molar-refractivity contribution is 7.16. The third-order valence-electron chi connectivity index (χ3n) is 5.45. The van der Waals surface area contributed by atoms with E-state index in [1.54, 1.807) is 18.2 Å². The molecule has 1 fully saturated rings. The Labute approximate surface area is 173 Å². The van der Waals surface area contributed by atoms with Gasteiger partial charge in [0.2, 0.25) is 0 Å². The van der Waals surface area contributed by atoms with Crippen molar-refractivity contribution in [1.82, 2.24) is 0 Å². The number of anilines is 1. The number of rotatable bonds is 5. The zero-order valence-electron chi connectivity index (χ0n) is 16.5. The molecule has 2 N–H and O–H groups in total. The van der Waals surface area contributed by atoms with Gasteiger partial charge in [0.1, 0.15) is 29.9 Å². The van der Waals surface area contributed by atoms with E-state index >= 15 is 0 Å². The van der Waals surface area contributed by atoms with Gasteiger partial charge in [-0.2, -0.15) is 0 Å². The third-order valence-corrected chi connectivity index (χ3v) is 6.59. The van der Waals surface area contributed by atoms with E-state index in [0.717, 1.165) is 34.1 Å². The summed E-state index contributed by atoms with van der Waals surface area (Å²) < 4.78 is 25.7. The molecule has 4 rings (SSSR count). The van der Waals surface area contributed by atoms with Crippen molar-refractivity contribution in [1.29, 1.82) is 0 Å². The van der Waals surface area contributed by atoms with Crippen LogP contribution in [-0.4, -0.2) is 32.2 Å². The highest BCUT2D eigenvalue weighted by Gasteiger charge is 2.35.